The van der Waals surface area contributed by atoms with E-state index in [4.69, 9.17) is 10.5 Å². The van der Waals surface area contributed by atoms with Crippen LogP contribution in [-0.4, -0.2) is 17.1 Å². The highest BCUT2D eigenvalue weighted by atomic mass is 16.5. The molecule has 0 amide bonds. The van der Waals surface area contributed by atoms with Crippen LogP contribution in [0.2, 0.25) is 0 Å². The van der Waals surface area contributed by atoms with E-state index in [2.05, 4.69) is 9.97 Å². The van der Waals surface area contributed by atoms with Crippen LogP contribution in [0, 0.1) is 6.92 Å². The zero-order valence-corrected chi connectivity index (χ0v) is 9.27. The Balaban J connectivity index is 2.54. The van der Waals surface area contributed by atoms with Gasteiger partial charge in [-0.15, -0.1) is 0 Å². The van der Waals surface area contributed by atoms with Crippen molar-refractivity contribution < 1.29 is 4.74 Å². The molecule has 0 unspecified atom stereocenters. The lowest BCUT2D eigenvalue weighted by Gasteiger charge is -2.07. The van der Waals surface area contributed by atoms with E-state index in [0.717, 1.165) is 22.5 Å². The number of rotatable bonds is 2. The van der Waals surface area contributed by atoms with E-state index in [-0.39, 0.29) is 0 Å². The summed E-state index contributed by atoms with van der Waals surface area (Å²) in [5.74, 6) is 0.520. The Morgan fingerprint density at radius 1 is 1.19 bits per heavy atom. The van der Waals surface area contributed by atoms with Crippen molar-refractivity contribution in [1.82, 2.24) is 9.97 Å². The monoisotopic (exact) mass is 215 g/mol. The first-order valence-corrected chi connectivity index (χ1v) is 4.94. The summed E-state index contributed by atoms with van der Waals surface area (Å²) in [6.07, 6.45) is 3.25. The van der Waals surface area contributed by atoms with Crippen molar-refractivity contribution in [3.63, 3.8) is 0 Å². The largest absolute Gasteiger partial charge is 0.479 e. The fourth-order valence-electron chi connectivity index (χ4n) is 1.50. The molecule has 0 bridgehead atoms. The molecule has 1 aromatic carbocycles. The maximum atomic E-state index is 5.77. The summed E-state index contributed by atoms with van der Waals surface area (Å²) in [6, 6.07) is 5.75. The van der Waals surface area contributed by atoms with Gasteiger partial charge in [0.2, 0.25) is 5.88 Å². The van der Waals surface area contributed by atoms with Gasteiger partial charge in [-0.25, -0.2) is 9.97 Å². The molecule has 4 heteroatoms. The number of methoxy groups -OCH3 is 1. The van der Waals surface area contributed by atoms with Crippen molar-refractivity contribution in [2.45, 2.75) is 6.92 Å². The minimum Gasteiger partial charge on any atom is -0.479 e. The molecule has 0 saturated carbocycles. The first-order valence-electron chi connectivity index (χ1n) is 4.94. The van der Waals surface area contributed by atoms with E-state index in [1.54, 1.807) is 19.5 Å². The van der Waals surface area contributed by atoms with Gasteiger partial charge in [0, 0.05) is 23.6 Å². The number of aryl methyl sites for hydroxylation is 1. The second-order valence-corrected chi connectivity index (χ2v) is 3.49. The van der Waals surface area contributed by atoms with Crippen molar-refractivity contribution in [3.05, 3.63) is 36.2 Å². The number of ether oxygens (including phenoxy) is 1. The lowest BCUT2D eigenvalue weighted by atomic mass is 10.1. The molecule has 0 spiro atoms. The average Bonchev–Trinajstić information content (AvgIpc) is 2.32. The second-order valence-electron chi connectivity index (χ2n) is 3.49. The fraction of sp³-hybridized carbons (Fsp3) is 0.167. The van der Waals surface area contributed by atoms with Crippen molar-refractivity contribution in [1.29, 1.82) is 0 Å². The van der Waals surface area contributed by atoms with Gasteiger partial charge < -0.3 is 10.5 Å². The lowest BCUT2D eigenvalue weighted by Crippen LogP contribution is -1.95. The van der Waals surface area contributed by atoms with E-state index >= 15 is 0 Å². The number of benzene rings is 1. The minimum atomic E-state index is 0.520. The number of anilines is 1. The van der Waals surface area contributed by atoms with Crippen LogP contribution in [0.4, 0.5) is 5.69 Å². The summed E-state index contributed by atoms with van der Waals surface area (Å²) in [5, 5.41) is 0. The molecule has 16 heavy (non-hydrogen) atoms. The number of aromatic nitrogens is 2. The Morgan fingerprint density at radius 2 is 1.94 bits per heavy atom. The molecule has 0 aliphatic carbocycles. The van der Waals surface area contributed by atoms with Crippen molar-refractivity contribution in [2.24, 2.45) is 0 Å². The first-order chi connectivity index (χ1) is 7.72. The molecule has 1 heterocycles. The minimum absolute atomic E-state index is 0.520. The van der Waals surface area contributed by atoms with Crippen LogP contribution in [0.5, 0.6) is 5.88 Å². The molecule has 2 rings (SSSR count). The van der Waals surface area contributed by atoms with E-state index in [1.807, 2.05) is 25.1 Å². The number of nitrogen functional groups attached to an aromatic ring is 1. The van der Waals surface area contributed by atoms with Crippen molar-refractivity contribution in [3.8, 4) is 17.1 Å². The summed E-state index contributed by atoms with van der Waals surface area (Å²) < 4.78 is 5.16. The highest BCUT2D eigenvalue weighted by Gasteiger charge is 2.08. The van der Waals surface area contributed by atoms with Crippen LogP contribution in [0.25, 0.3) is 11.3 Å². The van der Waals surface area contributed by atoms with Crippen molar-refractivity contribution >= 4 is 5.69 Å². The Labute approximate surface area is 94.1 Å². The smallest absolute Gasteiger partial charge is 0.240 e. The first kappa shape index (κ1) is 10.4. The molecule has 0 aliphatic heterocycles. The standard InChI is InChI=1S/C12H13N3O/c1-8-7-9(3-4-10(8)13)11-12(16-2)15-6-5-14-11/h3-7H,13H2,1-2H3. The molecule has 1 aromatic heterocycles. The zero-order chi connectivity index (χ0) is 11.5. The van der Waals surface area contributed by atoms with Crippen LogP contribution in [0.3, 0.4) is 0 Å². The average molecular weight is 215 g/mol. The molecular weight excluding hydrogens is 202 g/mol. The second kappa shape index (κ2) is 4.18. The van der Waals surface area contributed by atoms with Gasteiger partial charge in [0.25, 0.3) is 0 Å². The fourth-order valence-corrected chi connectivity index (χ4v) is 1.50. The molecule has 82 valence electrons. The highest BCUT2D eigenvalue weighted by Crippen LogP contribution is 2.27. The molecule has 2 aromatic rings. The summed E-state index contributed by atoms with van der Waals surface area (Å²) in [6.45, 7) is 1.96. The quantitative estimate of drug-likeness (QED) is 0.779. The SMILES string of the molecule is COc1nccnc1-c1ccc(N)c(C)c1. The van der Waals surface area contributed by atoms with Crippen LogP contribution in [0.1, 0.15) is 5.56 Å². The summed E-state index contributed by atoms with van der Waals surface area (Å²) in [5.41, 5.74) is 9.24. The van der Waals surface area contributed by atoms with Gasteiger partial charge in [-0.3, -0.25) is 0 Å². The van der Waals surface area contributed by atoms with Crippen molar-refractivity contribution in [2.75, 3.05) is 12.8 Å². The predicted molar refractivity (Wildman–Crippen MR) is 63.2 cm³/mol. The summed E-state index contributed by atoms with van der Waals surface area (Å²) >= 11 is 0. The normalized spacial score (nSPS) is 10.1. The van der Waals surface area contributed by atoms with E-state index in [9.17, 15) is 0 Å². The Bertz CT molecular complexity index is 511. The summed E-state index contributed by atoms with van der Waals surface area (Å²) in [7, 11) is 1.58. The topological polar surface area (TPSA) is 61.0 Å². The third-order valence-corrected chi connectivity index (χ3v) is 2.40. The third-order valence-electron chi connectivity index (χ3n) is 2.40. The van der Waals surface area contributed by atoms with Gasteiger partial charge in [-0.2, -0.15) is 0 Å². The van der Waals surface area contributed by atoms with Gasteiger partial charge in [0.1, 0.15) is 5.69 Å². The number of nitrogens with zero attached hydrogens (tertiary/aromatic N) is 2. The Kier molecular flexibility index (Phi) is 2.72. The Morgan fingerprint density at radius 3 is 2.62 bits per heavy atom. The van der Waals surface area contributed by atoms with Gasteiger partial charge in [0.05, 0.1) is 7.11 Å². The number of hydrogen-bond donors (Lipinski definition) is 1. The zero-order valence-electron chi connectivity index (χ0n) is 9.27. The molecule has 0 saturated heterocycles. The lowest BCUT2D eigenvalue weighted by molar-refractivity contribution is 0.398. The van der Waals surface area contributed by atoms with Gasteiger partial charge >= 0.3 is 0 Å². The number of hydrogen-bond acceptors (Lipinski definition) is 4. The highest BCUT2D eigenvalue weighted by molar-refractivity contribution is 5.67. The van der Waals surface area contributed by atoms with Gasteiger partial charge in [0.15, 0.2) is 0 Å². The molecule has 0 fully saturated rings. The van der Waals surface area contributed by atoms with Crippen LogP contribution < -0.4 is 10.5 Å². The maximum Gasteiger partial charge on any atom is 0.240 e. The van der Waals surface area contributed by atoms with Gasteiger partial charge in [-0.05, 0) is 24.6 Å². The van der Waals surface area contributed by atoms with Crippen LogP contribution >= 0.6 is 0 Å². The molecule has 2 N–H and O–H groups in total. The Hall–Kier alpha value is -2.10. The van der Waals surface area contributed by atoms with Crippen LogP contribution in [0.15, 0.2) is 30.6 Å². The number of nitrogens with two attached hydrogens (primary N) is 1. The van der Waals surface area contributed by atoms with E-state index in [0.29, 0.717) is 5.88 Å². The molecule has 0 atom stereocenters. The van der Waals surface area contributed by atoms with Crippen LogP contribution in [-0.2, 0) is 0 Å². The molecular formula is C12H13N3O. The third kappa shape index (κ3) is 1.82. The predicted octanol–water partition coefficient (Wildman–Crippen LogP) is 2.04. The van der Waals surface area contributed by atoms with Gasteiger partial charge in [-0.1, -0.05) is 6.07 Å². The molecule has 0 radical (unpaired) electrons. The van der Waals surface area contributed by atoms with E-state index < -0.39 is 0 Å². The summed E-state index contributed by atoms with van der Waals surface area (Å²) in [4.78, 5) is 8.37. The van der Waals surface area contributed by atoms with E-state index in [1.165, 1.54) is 0 Å². The molecule has 4 nitrogen and oxygen atoms in total. The molecule has 0 aliphatic rings. The maximum absolute atomic E-state index is 5.77.